The summed E-state index contributed by atoms with van der Waals surface area (Å²) < 4.78 is 1.71. The van der Waals surface area contributed by atoms with Gasteiger partial charge in [-0.15, -0.1) is 0 Å². The highest BCUT2D eigenvalue weighted by atomic mass is 16.1. The van der Waals surface area contributed by atoms with Crippen molar-refractivity contribution in [2.75, 3.05) is 0 Å². The van der Waals surface area contributed by atoms with Crippen LogP contribution in [0.15, 0.2) is 53.5 Å². The van der Waals surface area contributed by atoms with Crippen molar-refractivity contribution < 1.29 is 0 Å². The Kier molecular flexibility index (Phi) is 1.84. The Labute approximate surface area is 119 Å². The van der Waals surface area contributed by atoms with Crippen molar-refractivity contribution in [3.63, 3.8) is 0 Å². The number of rotatable bonds is 0. The molecule has 0 saturated heterocycles. The Morgan fingerprint density at radius 2 is 1.95 bits per heavy atom. The molecule has 0 amide bonds. The molecule has 1 aliphatic rings. The Morgan fingerprint density at radius 1 is 1.05 bits per heavy atom. The van der Waals surface area contributed by atoms with E-state index in [9.17, 15) is 4.79 Å². The predicted octanol–water partition coefficient (Wildman–Crippen LogP) is 2.53. The smallest absolute Gasteiger partial charge is 0.263 e. The topological polar surface area (TPSA) is 34.4 Å². The van der Waals surface area contributed by atoms with Gasteiger partial charge in [0.1, 0.15) is 0 Å². The van der Waals surface area contributed by atoms with Gasteiger partial charge in [-0.3, -0.25) is 9.20 Å². The van der Waals surface area contributed by atoms with Gasteiger partial charge >= 0.3 is 0 Å². The van der Waals surface area contributed by atoms with Crippen LogP contribution in [0.5, 0.6) is 0 Å². The lowest BCUT2D eigenvalue weighted by molar-refractivity contribution is 1.11. The van der Waals surface area contributed by atoms with Crippen LogP contribution in [0.3, 0.4) is 0 Å². The second kappa shape index (κ2) is 3.58. The molecule has 5 rings (SSSR count). The summed E-state index contributed by atoms with van der Waals surface area (Å²) in [6.45, 7) is 0. The fourth-order valence-corrected chi connectivity index (χ4v) is 3.10. The summed E-state index contributed by atoms with van der Waals surface area (Å²) in [4.78, 5) is 17.3. The summed E-state index contributed by atoms with van der Waals surface area (Å²) in [6, 6.07) is 12.2. The first-order valence-electron chi connectivity index (χ1n) is 6.87. The quantitative estimate of drug-likeness (QED) is 0.492. The van der Waals surface area contributed by atoms with Crippen molar-refractivity contribution in [1.82, 2.24) is 9.38 Å². The lowest BCUT2D eigenvalue weighted by Gasteiger charge is -1.98. The minimum Gasteiger partial charge on any atom is -0.281 e. The van der Waals surface area contributed by atoms with E-state index in [0.29, 0.717) is 0 Å². The van der Waals surface area contributed by atoms with Gasteiger partial charge in [-0.05, 0) is 29.8 Å². The summed E-state index contributed by atoms with van der Waals surface area (Å²) in [5.74, 6) is 0. The number of aromatic nitrogens is 2. The third-order valence-corrected chi connectivity index (χ3v) is 4.11. The molecule has 0 bridgehead atoms. The van der Waals surface area contributed by atoms with Crippen molar-refractivity contribution in [2.24, 2.45) is 0 Å². The van der Waals surface area contributed by atoms with Crippen LogP contribution in [0, 0.1) is 0 Å². The van der Waals surface area contributed by atoms with Gasteiger partial charge in [0.25, 0.3) is 5.56 Å². The average Bonchev–Trinajstić information content (AvgIpc) is 3.10. The number of pyridine rings is 2. The Morgan fingerprint density at radius 3 is 2.90 bits per heavy atom. The van der Waals surface area contributed by atoms with Crippen molar-refractivity contribution in [3.8, 4) is 0 Å². The number of benzene rings is 1. The fraction of sp³-hybridized carbons (Fsp3) is 0. The van der Waals surface area contributed by atoms with Crippen LogP contribution in [0.2, 0.25) is 0 Å². The highest BCUT2D eigenvalue weighted by Crippen LogP contribution is 2.24. The van der Waals surface area contributed by atoms with Crippen LogP contribution in [-0.4, -0.2) is 9.38 Å². The highest BCUT2D eigenvalue weighted by molar-refractivity contribution is 6.01. The van der Waals surface area contributed by atoms with Gasteiger partial charge in [-0.1, -0.05) is 30.4 Å². The highest BCUT2D eigenvalue weighted by Gasteiger charge is 2.12. The fourth-order valence-electron chi connectivity index (χ4n) is 3.10. The number of allylic oxidation sites excluding steroid dienone is 1. The molecular formula is C18H10N2O. The SMILES string of the molecule is O=c1c2c(cc3c4nc5ccccc5cc4cn13)C=CC=2. The van der Waals surface area contributed by atoms with Gasteiger partial charge in [0.15, 0.2) is 0 Å². The first-order chi connectivity index (χ1) is 10.3. The zero-order chi connectivity index (χ0) is 14.0. The molecule has 0 saturated carbocycles. The predicted molar refractivity (Wildman–Crippen MR) is 85.2 cm³/mol. The summed E-state index contributed by atoms with van der Waals surface area (Å²) >= 11 is 0. The molecule has 21 heavy (non-hydrogen) atoms. The van der Waals surface area contributed by atoms with Gasteiger partial charge in [0, 0.05) is 22.2 Å². The molecule has 0 N–H and O–H groups in total. The van der Waals surface area contributed by atoms with E-state index in [2.05, 4.69) is 6.07 Å². The van der Waals surface area contributed by atoms with Crippen molar-refractivity contribution in [1.29, 1.82) is 0 Å². The summed E-state index contributed by atoms with van der Waals surface area (Å²) in [5.41, 5.74) is 3.71. The summed E-state index contributed by atoms with van der Waals surface area (Å²) in [7, 11) is 0. The van der Waals surface area contributed by atoms with Gasteiger partial charge in [0.2, 0.25) is 0 Å². The molecule has 3 nitrogen and oxygen atoms in total. The second-order valence-electron chi connectivity index (χ2n) is 5.35. The molecule has 3 aromatic heterocycles. The number of nitrogens with zero attached hydrogens (tertiary/aromatic N) is 2. The maximum atomic E-state index is 12.5. The normalized spacial score (nSPS) is 13.1. The van der Waals surface area contributed by atoms with Gasteiger partial charge in [-0.25, -0.2) is 4.98 Å². The molecule has 0 unspecified atom stereocenters. The minimum absolute atomic E-state index is 0.0227. The molecule has 4 aromatic rings. The maximum absolute atomic E-state index is 12.5. The maximum Gasteiger partial charge on any atom is 0.263 e. The third-order valence-electron chi connectivity index (χ3n) is 4.11. The average molecular weight is 270 g/mol. The molecule has 0 aliphatic heterocycles. The zero-order valence-corrected chi connectivity index (χ0v) is 11.1. The molecule has 1 aliphatic carbocycles. The first kappa shape index (κ1) is 10.8. The monoisotopic (exact) mass is 270 g/mol. The number of para-hydroxylation sites is 1. The number of hydrogen-bond donors (Lipinski definition) is 0. The Balaban J connectivity index is 2.07. The van der Waals surface area contributed by atoms with E-state index in [1.54, 1.807) is 4.40 Å². The molecule has 98 valence electrons. The van der Waals surface area contributed by atoms with E-state index in [0.717, 1.165) is 38.1 Å². The molecule has 3 heterocycles. The van der Waals surface area contributed by atoms with Crippen molar-refractivity contribution in [3.05, 3.63) is 69.8 Å². The van der Waals surface area contributed by atoms with E-state index in [4.69, 9.17) is 4.98 Å². The molecule has 1 aromatic carbocycles. The molecule has 0 radical (unpaired) electrons. The lowest BCUT2D eigenvalue weighted by Crippen LogP contribution is -2.30. The van der Waals surface area contributed by atoms with E-state index in [1.807, 2.05) is 54.8 Å². The molecule has 0 spiro atoms. The first-order valence-corrected chi connectivity index (χ1v) is 6.87. The van der Waals surface area contributed by atoms with Gasteiger partial charge < -0.3 is 0 Å². The Bertz CT molecular complexity index is 1200. The Hall–Kier alpha value is -2.94. The molecule has 0 fully saturated rings. The molecule has 0 atom stereocenters. The number of fused-ring (bicyclic) bond motifs is 5. The van der Waals surface area contributed by atoms with Gasteiger partial charge in [-0.2, -0.15) is 0 Å². The number of hydrogen-bond acceptors (Lipinski definition) is 2. The van der Waals surface area contributed by atoms with Crippen LogP contribution >= 0.6 is 0 Å². The lowest BCUT2D eigenvalue weighted by atomic mass is 10.1. The van der Waals surface area contributed by atoms with E-state index >= 15 is 0 Å². The largest absolute Gasteiger partial charge is 0.281 e. The van der Waals surface area contributed by atoms with E-state index < -0.39 is 0 Å². The van der Waals surface area contributed by atoms with Crippen LogP contribution in [0.1, 0.15) is 5.56 Å². The second-order valence-corrected chi connectivity index (χ2v) is 5.35. The van der Waals surface area contributed by atoms with Gasteiger partial charge in [0.05, 0.1) is 16.6 Å². The van der Waals surface area contributed by atoms with Crippen LogP contribution in [0.4, 0.5) is 0 Å². The zero-order valence-electron chi connectivity index (χ0n) is 11.1. The third kappa shape index (κ3) is 1.32. The summed E-state index contributed by atoms with van der Waals surface area (Å²) in [5, 5.41) is 2.85. The van der Waals surface area contributed by atoms with Crippen molar-refractivity contribution in [2.45, 2.75) is 0 Å². The van der Waals surface area contributed by atoms with Crippen LogP contribution < -0.4 is 10.8 Å². The van der Waals surface area contributed by atoms with E-state index in [-0.39, 0.29) is 5.56 Å². The summed E-state index contributed by atoms with van der Waals surface area (Å²) in [6.07, 6.45) is 7.64. The minimum atomic E-state index is 0.0227. The molecular weight excluding hydrogens is 260 g/mol. The van der Waals surface area contributed by atoms with Crippen LogP contribution in [0.25, 0.3) is 39.5 Å². The molecule has 3 heteroatoms. The van der Waals surface area contributed by atoms with E-state index in [1.165, 1.54) is 0 Å². The standard InChI is InChI=1S/C18H10N2O/c21-18-14-6-3-5-11(14)9-16-17-13(10-20(16)18)8-12-4-1-2-7-15(12)19-17/h1-10H. The van der Waals surface area contributed by atoms with Crippen LogP contribution in [-0.2, 0) is 0 Å². The van der Waals surface area contributed by atoms with Crippen molar-refractivity contribution >= 4 is 39.5 Å².